The molecule has 0 atom stereocenters. The SMILES string of the molecule is Cc1cnccc1OCC1CCN(c2cccnc2C#N)CC1. The first-order valence-electron chi connectivity index (χ1n) is 7.91. The first kappa shape index (κ1) is 15.3. The van der Waals surface area contributed by atoms with Crippen LogP contribution in [0.2, 0.25) is 0 Å². The molecule has 23 heavy (non-hydrogen) atoms. The van der Waals surface area contributed by atoms with Crippen molar-refractivity contribution in [3.63, 3.8) is 0 Å². The smallest absolute Gasteiger partial charge is 0.163 e. The maximum Gasteiger partial charge on any atom is 0.163 e. The van der Waals surface area contributed by atoms with Gasteiger partial charge >= 0.3 is 0 Å². The third kappa shape index (κ3) is 3.59. The highest BCUT2D eigenvalue weighted by molar-refractivity contribution is 5.55. The lowest BCUT2D eigenvalue weighted by molar-refractivity contribution is 0.221. The number of anilines is 1. The molecule has 118 valence electrons. The van der Waals surface area contributed by atoms with Gasteiger partial charge in [0.2, 0.25) is 0 Å². The Hall–Kier alpha value is -2.61. The van der Waals surface area contributed by atoms with Gasteiger partial charge in [0, 0.05) is 37.2 Å². The van der Waals surface area contributed by atoms with Crippen molar-refractivity contribution in [3.8, 4) is 11.8 Å². The number of nitrogens with zero attached hydrogens (tertiary/aromatic N) is 4. The molecule has 1 aliphatic heterocycles. The van der Waals surface area contributed by atoms with E-state index >= 15 is 0 Å². The van der Waals surface area contributed by atoms with Gasteiger partial charge in [-0.2, -0.15) is 5.26 Å². The lowest BCUT2D eigenvalue weighted by Crippen LogP contribution is -2.36. The molecule has 1 fully saturated rings. The second-order valence-corrected chi connectivity index (χ2v) is 5.87. The van der Waals surface area contributed by atoms with Crippen LogP contribution in [0.5, 0.6) is 5.75 Å². The van der Waals surface area contributed by atoms with Crippen molar-refractivity contribution in [1.82, 2.24) is 9.97 Å². The van der Waals surface area contributed by atoms with Gasteiger partial charge in [0.05, 0.1) is 12.3 Å². The van der Waals surface area contributed by atoms with Gasteiger partial charge in [-0.05, 0) is 43.9 Å². The molecule has 3 heterocycles. The summed E-state index contributed by atoms with van der Waals surface area (Å²) in [6.45, 7) is 4.61. The molecule has 2 aromatic heterocycles. The largest absolute Gasteiger partial charge is 0.493 e. The van der Waals surface area contributed by atoms with Crippen LogP contribution in [0, 0.1) is 24.2 Å². The molecule has 0 N–H and O–H groups in total. The summed E-state index contributed by atoms with van der Waals surface area (Å²) in [5, 5.41) is 9.17. The van der Waals surface area contributed by atoms with Gasteiger partial charge in [0.1, 0.15) is 11.8 Å². The van der Waals surface area contributed by atoms with Crippen LogP contribution < -0.4 is 9.64 Å². The van der Waals surface area contributed by atoms with Crippen molar-refractivity contribution in [2.75, 3.05) is 24.6 Å². The second-order valence-electron chi connectivity index (χ2n) is 5.87. The van der Waals surface area contributed by atoms with Gasteiger partial charge in [-0.3, -0.25) is 4.98 Å². The van der Waals surface area contributed by atoms with Crippen LogP contribution in [0.1, 0.15) is 24.1 Å². The van der Waals surface area contributed by atoms with Gasteiger partial charge < -0.3 is 9.64 Å². The van der Waals surface area contributed by atoms with E-state index in [0.717, 1.165) is 49.5 Å². The average Bonchev–Trinajstić information content (AvgIpc) is 2.61. The molecule has 0 aromatic carbocycles. The van der Waals surface area contributed by atoms with Gasteiger partial charge in [0.15, 0.2) is 5.69 Å². The summed E-state index contributed by atoms with van der Waals surface area (Å²) in [7, 11) is 0. The third-order valence-corrected chi connectivity index (χ3v) is 4.29. The summed E-state index contributed by atoms with van der Waals surface area (Å²) in [5.41, 5.74) is 2.52. The summed E-state index contributed by atoms with van der Waals surface area (Å²) < 4.78 is 5.94. The first-order valence-corrected chi connectivity index (χ1v) is 7.91. The van der Waals surface area contributed by atoms with E-state index in [0.29, 0.717) is 11.6 Å². The number of piperidine rings is 1. The van der Waals surface area contributed by atoms with Crippen LogP contribution in [0.15, 0.2) is 36.8 Å². The van der Waals surface area contributed by atoms with Crippen molar-refractivity contribution in [2.45, 2.75) is 19.8 Å². The molecule has 2 aromatic rings. The lowest BCUT2D eigenvalue weighted by Gasteiger charge is -2.33. The highest BCUT2D eigenvalue weighted by Gasteiger charge is 2.22. The molecule has 0 saturated carbocycles. The zero-order valence-corrected chi connectivity index (χ0v) is 13.3. The fraction of sp³-hybridized carbons (Fsp3) is 0.389. The predicted molar refractivity (Wildman–Crippen MR) is 88.4 cm³/mol. The molecular weight excluding hydrogens is 288 g/mol. The third-order valence-electron chi connectivity index (χ3n) is 4.29. The van der Waals surface area contributed by atoms with Gasteiger partial charge in [-0.15, -0.1) is 0 Å². The predicted octanol–water partition coefficient (Wildman–Crippen LogP) is 2.95. The molecule has 0 aliphatic carbocycles. The van der Waals surface area contributed by atoms with Gasteiger partial charge in [-0.1, -0.05) is 0 Å². The zero-order chi connectivity index (χ0) is 16.1. The minimum absolute atomic E-state index is 0.509. The number of ether oxygens (including phenoxy) is 1. The number of aryl methyl sites for hydroxylation is 1. The summed E-state index contributed by atoms with van der Waals surface area (Å²) >= 11 is 0. The van der Waals surface area contributed by atoms with E-state index in [9.17, 15) is 5.26 Å². The van der Waals surface area contributed by atoms with Crippen LogP contribution in [-0.4, -0.2) is 29.7 Å². The van der Waals surface area contributed by atoms with Crippen LogP contribution in [0.3, 0.4) is 0 Å². The van der Waals surface area contributed by atoms with E-state index in [2.05, 4.69) is 20.9 Å². The summed E-state index contributed by atoms with van der Waals surface area (Å²) in [5.74, 6) is 1.46. The molecule has 1 saturated heterocycles. The Bertz CT molecular complexity index is 702. The molecular formula is C18H20N4O. The van der Waals surface area contributed by atoms with E-state index in [1.807, 2.05) is 31.3 Å². The molecule has 5 nitrogen and oxygen atoms in total. The highest BCUT2D eigenvalue weighted by atomic mass is 16.5. The van der Waals surface area contributed by atoms with Crippen molar-refractivity contribution in [2.24, 2.45) is 5.92 Å². The topological polar surface area (TPSA) is 62.0 Å². The van der Waals surface area contributed by atoms with Crippen molar-refractivity contribution in [3.05, 3.63) is 48.0 Å². The van der Waals surface area contributed by atoms with E-state index < -0.39 is 0 Å². The van der Waals surface area contributed by atoms with Crippen LogP contribution in [-0.2, 0) is 0 Å². The van der Waals surface area contributed by atoms with Gasteiger partial charge in [-0.25, -0.2) is 4.98 Å². The maximum atomic E-state index is 9.17. The van der Waals surface area contributed by atoms with Crippen molar-refractivity contribution in [1.29, 1.82) is 5.26 Å². The highest BCUT2D eigenvalue weighted by Crippen LogP contribution is 2.26. The Morgan fingerprint density at radius 1 is 1.30 bits per heavy atom. The molecule has 0 amide bonds. The number of pyridine rings is 2. The Balaban J connectivity index is 1.55. The van der Waals surface area contributed by atoms with Crippen LogP contribution in [0.4, 0.5) is 5.69 Å². The Kier molecular flexibility index (Phi) is 4.72. The zero-order valence-electron chi connectivity index (χ0n) is 13.3. The Morgan fingerprint density at radius 3 is 2.87 bits per heavy atom. The number of rotatable bonds is 4. The minimum Gasteiger partial charge on any atom is -0.493 e. The Labute approximate surface area is 136 Å². The average molecular weight is 308 g/mol. The van der Waals surface area contributed by atoms with E-state index in [4.69, 9.17) is 4.74 Å². The molecule has 0 unspecified atom stereocenters. The number of nitriles is 1. The van der Waals surface area contributed by atoms with Crippen molar-refractivity contribution < 1.29 is 4.74 Å². The molecule has 3 rings (SSSR count). The molecule has 0 radical (unpaired) electrons. The fourth-order valence-corrected chi connectivity index (χ4v) is 2.91. The molecule has 0 spiro atoms. The number of aromatic nitrogens is 2. The summed E-state index contributed by atoms with van der Waals surface area (Å²) in [6, 6.07) is 7.95. The van der Waals surface area contributed by atoms with E-state index in [1.165, 1.54) is 0 Å². The number of hydrogen-bond acceptors (Lipinski definition) is 5. The van der Waals surface area contributed by atoms with Crippen LogP contribution in [0.25, 0.3) is 0 Å². The van der Waals surface area contributed by atoms with Gasteiger partial charge in [0.25, 0.3) is 0 Å². The fourth-order valence-electron chi connectivity index (χ4n) is 2.91. The summed E-state index contributed by atoms with van der Waals surface area (Å²) in [6.07, 6.45) is 7.37. The second kappa shape index (κ2) is 7.10. The normalized spacial score (nSPS) is 15.2. The molecule has 0 bridgehead atoms. The number of hydrogen-bond donors (Lipinski definition) is 0. The maximum absolute atomic E-state index is 9.17. The first-order chi connectivity index (χ1) is 11.3. The molecule has 1 aliphatic rings. The van der Waals surface area contributed by atoms with Crippen LogP contribution >= 0.6 is 0 Å². The van der Waals surface area contributed by atoms with E-state index in [1.54, 1.807) is 12.4 Å². The van der Waals surface area contributed by atoms with Crippen molar-refractivity contribution >= 4 is 5.69 Å². The minimum atomic E-state index is 0.509. The molecule has 5 heteroatoms. The quantitative estimate of drug-likeness (QED) is 0.869. The Morgan fingerprint density at radius 2 is 2.13 bits per heavy atom. The summed E-state index contributed by atoms with van der Waals surface area (Å²) in [4.78, 5) is 10.5. The standard InChI is InChI=1S/C18H20N4O/c1-14-12-20-8-4-18(14)23-13-15-5-9-22(10-6-15)17-3-2-7-21-16(17)11-19/h2-4,7-8,12,15H,5-6,9-10,13H2,1H3. The van der Waals surface area contributed by atoms with E-state index in [-0.39, 0.29) is 0 Å². The monoisotopic (exact) mass is 308 g/mol. The lowest BCUT2D eigenvalue weighted by atomic mass is 9.97.